The van der Waals surface area contributed by atoms with Crippen LogP contribution >= 0.6 is 0 Å². The molecule has 0 aliphatic carbocycles. The van der Waals surface area contributed by atoms with Crippen molar-refractivity contribution < 1.29 is 14.4 Å². The van der Waals surface area contributed by atoms with Gasteiger partial charge < -0.3 is 14.9 Å². The Kier molecular flexibility index (Phi) is 6.44. The minimum absolute atomic E-state index is 0.226. The van der Waals surface area contributed by atoms with E-state index in [4.69, 9.17) is 9.63 Å². The standard InChI is InChI=1S/C16H21N3O3/c20-11-7-2-1-6-10-17-16(21)18-15-12-14(22-19-15)13-8-4-3-5-9-13/h3-5,8-9,12,20H,1-2,6-7,10-11H2,(H2,17,18,19,21). The highest BCUT2D eigenvalue weighted by Crippen LogP contribution is 2.21. The zero-order valence-corrected chi connectivity index (χ0v) is 12.4. The lowest BCUT2D eigenvalue weighted by Gasteiger charge is -2.04. The van der Waals surface area contributed by atoms with Crippen LogP contribution in [0.4, 0.5) is 10.6 Å². The highest BCUT2D eigenvalue weighted by atomic mass is 16.5. The van der Waals surface area contributed by atoms with Gasteiger partial charge in [0.2, 0.25) is 0 Å². The maximum Gasteiger partial charge on any atom is 0.320 e. The molecule has 0 aliphatic heterocycles. The van der Waals surface area contributed by atoms with Crippen LogP contribution < -0.4 is 10.6 Å². The highest BCUT2D eigenvalue weighted by Gasteiger charge is 2.08. The number of hydrogen-bond acceptors (Lipinski definition) is 4. The number of nitrogens with zero attached hydrogens (tertiary/aromatic N) is 1. The molecule has 1 heterocycles. The van der Waals surface area contributed by atoms with Gasteiger partial charge in [0.15, 0.2) is 11.6 Å². The van der Waals surface area contributed by atoms with Crippen LogP contribution in [0.15, 0.2) is 40.9 Å². The number of carbonyl (C=O) groups excluding carboxylic acids is 1. The van der Waals surface area contributed by atoms with E-state index in [1.54, 1.807) is 6.07 Å². The lowest BCUT2D eigenvalue weighted by Crippen LogP contribution is -2.29. The van der Waals surface area contributed by atoms with E-state index in [1.807, 2.05) is 30.3 Å². The molecule has 0 bridgehead atoms. The number of aliphatic hydroxyl groups is 1. The number of amides is 2. The molecule has 0 aliphatic rings. The van der Waals surface area contributed by atoms with Gasteiger partial charge in [-0.25, -0.2) is 4.79 Å². The third-order valence-electron chi connectivity index (χ3n) is 3.18. The highest BCUT2D eigenvalue weighted by molar-refractivity contribution is 5.88. The molecule has 2 aromatic rings. The molecule has 1 aromatic carbocycles. The molecule has 0 fully saturated rings. The van der Waals surface area contributed by atoms with Gasteiger partial charge in [-0.3, -0.25) is 5.32 Å². The van der Waals surface area contributed by atoms with E-state index in [2.05, 4.69) is 15.8 Å². The molecular formula is C16H21N3O3. The predicted octanol–water partition coefficient (Wildman–Crippen LogP) is 3.02. The van der Waals surface area contributed by atoms with Crippen molar-refractivity contribution in [3.8, 4) is 11.3 Å². The number of hydrogen-bond donors (Lipinski definition) is 3. The number of nitrogens with one attached hydrogen (secondary N) is 2. The lowest BCUT2D eigenvalue weighted by molar-refractivity contribution is 0.251. The number of aliphatic hydroxyl groups excluding tert-OH is 1. The average Bonchev–Trinajstić information content (AvgIpc) is 3.00. The maximum absolute atomic E-state index is 11.7. The summed E-state index contributed by atoms with van der Waals surface area (Å²) < 4.78 is 5.21. The van der Waals surface area contributed by atoms with Gasteiger partial charge in [-0.05, 0) is 12.8 Å². The summed E-state index contributed by atoms with van der Waals surface area (Å²) in [6.07, 6.45) is 3.67. The summed E-state index contributed by atoms with van der Waals surface area (Å²) in [5.41, 5.74) is 0.910. The normalized spacial score (nSPS) is 10.4. The van der Waals surface area contributed by atoms with E-state index in [9.17, 15) is 4.79 Å². The zero-order valence-electron chi connectivity index (χ0n) is 12.4. The second-order valence-corrected chi connectivity index (χ2v) is 4.96. The third-order valence-corrected chi connectivity index (χ3v) is 3.18. The molecule has 2 amide bonds. The van der Waals surface area contributed by atoms with Crippen molar-refractivity contribution >= 4 is 11.8 Å². The first-order chi connectivity index (χ1) is 10.8. The Morgan fingerprint density at radius 1 is 1.14 bits per heavy atom. The molecule has 6 heteroatoms. The predicted molar refractivity (Wildman–Crippen MR) is 84.5 cm³/mol. The van der Waals surface area contributed by atoms with E-state index >= 15 is 0 Å². The Labute approximate surface area is 129 Å². The SMILES string of the molecule is O=C(NCCCCCCO)Nc1cc(-c2ccccc2)on1. The smallest absolute Gasteiger partial charge is 0.320 e. The molecule has 118 valence electrons. The quantitative estimate of drug-likeness (QED) is 0.654. The monoisotopic (exact) mass is 303 g/mol. The fourth-order valence-corrected chi connectivity index (χ4v) is 2.03. The van der Waals surface area contributed by atoms with Crippen molar-refractivity contribution in [2.45, 2.75) is 25.7 Å². The summed E-state index contributed by atoms with van der Waals surface area (Å²) in [6, 6.07) is 11.0. The molecule has 0 saturated carbocycles. The van der Waals surface area contributed by atoms with E-state index in [0.29, 0.717) is 18.1 Å². The van der Waals surface area contributed by atoms with Crippen LogP contribution in [0.5, 0.6) is 0 Å². The second kappa shape index (κ2) is 8.84. The number of anilines is 1. The first kappa shape index (κ1) is 16.0. The molecule has 22 heavy (non-hydrogen) atoms. The lowest BCUT2D eigenvalue weighted by atomic mass is 10.2. The fourth-order valence-electron chi connectivity index (χ4n) is 2.03. The Morgan fingerprint density at radius 2 is 1.91 bits per heavy atom. The molecule has 2 rings (SSSR count). The minimum atomic E-state index is -0.296. The summed E-state index contributed by atoms with van der Waals surface area (Å²) >= 11 is 0. The Morgan fingerprint density at radius 3 is 2.68 bits per heavy atom. The number of benzene rings is 1. The van der Waals surface area contributed by atoms with Gasteiger partial charge in [-0.15, -0.1) is 0 Å². The fraction of sp³-hybridized carbons (Fsp3) is 0.375. The molecule has 0 saturated heterocycles. The maximum atomic E-state index is 11.7. The number of aromatic nitrogens is 1. The average molecular weight is 303 g/mol. The number of rotatable bonds is 8. The van der Waals surface area contributed by atoms with Gasteiger partial charge in [-0.1, -0.05) is 48.3 Å². The number of unbranched alkanes of at least 4 members (excludes halogenated alkanes) is 3. The molecule has 0 radical (unpaired) electrons. The third kappa shape index (κ3) is 5.21. The first-order valence-electron chi connectivity index (χ1n) is 7.47. The zero-order chi connectivity index (χ0) is 15.6. The second-order valence-electron chi connectivity index (χ2n) is 4.96. The molecule has 0 unspecified atom stereocenters. The summed E-state index contributed by atoms with van der Waals surface area (Å²) in [4.78, 5) is 11.7. The minimum Gasteiger partial charge on any atom is -0.396 e. The van der Waals surface area contributed by atoms with Crippen LogP contribution in [0.2, 0.25) is 0 Å². The van der Waals surface area contributed by atoms with Crippen molar-refractivity contribution in [3.05, 3.63) is 36.4 Å². The first-order valence-corrected chi connectivity index (χ1v) is 7.47. The van der Waals surface area contributed by atoms with Gasteiger partial charge in [0.1, 0.15) is 0 Å². The van der Waals surface area contributed by atoms with Crippen molar-refractivity contribution in [3.63, 3.8) is 0 Å². The van der Waals surface area contributed by atoms with E-state index in [1.165, 1.54) is 0 Å². The summed E-state index contributed by atoms with van der Waals surface area (Å²) in [6.45, 7) is 0.824. The Hall–Kier alpha value is -2.34. The summed E-state index contributed by atoms with van der Waals surface area (Å²) in [5.74, 6) is 0.997. The molecule has 1 aromatic heterocycles. The van der Waals surface area contributed by atoms with Crippen molar-refractivity contribution in [2.24, 2.45) is 0 Å². The molecule has 0 atom stereocenters. The van der Waals surface area contributed by atoms with E-state index < -0.39 is 0 Å². The Bertz CT molecular complexity index is 569. The topological polar surface area (TPSA) is 87.4 Å². The molecule has 0 spiro atoms. The van der Waals surface area contributed by atoms with Crippen LogP contribution in [-0.2, 0) is 0 Å². The Balaban J connectivity index is 1.72. The molecule has 3 N–H and O–H groups in total. The van der Waals surface area contributed by atoms with Crippen LogP contribution in [0.1, 0.15) is 25.7 Å². The largest absolute Gasteiger partial charge is 0.396 e. The number of urea groups is 1. The van der Waals surface area contributed by atoms with Crippen molar-refractivity contribution in [1.29, 1.82) is 0 Å². The van der Waals surface area contributed by atoms with Gasteiger partial charge in [0.05, 0.1) is 0 Å². The molecule has 6 nitrogen and oxygen atoms in total. The van der Waals surface area contributed by atoms with Gasteiger partial charge in [-0.2, -0.15) is 0 Å². The molecular weight excluding hydrogens is 282 g/mol. The van der Waals surface area contributed by atoms with Gasteiger partial charge in [0, 0.05) is 24.8 Å². The van der Waals surface area contributed by atoms with Crippen LogP contribution in [0, 0.1) is 0 Å². The van der Waals surface area contributed by atoms with Crippen LogP contribution in [0.3, 0.4) is 0 Å². The van der Waals surface area contributed by atoms with Crippen molar-refractivity contribution in [2.75, 3.05) is 18.5 Å². The van der Waals surface area contributed by atoms with Crippen LogP contribution in [0.25, 0.3) is 11.3 Å². The van der Waals surface area contributed by atoms with E-state index in [-0.39, 0.29) is 12.6 Å². The van der Waals surface area contributed by atoms with Gasteiger partial charge >= 0.3 is 6.03 Å². The van der Waals surface area contributed by atoms with Gasteiger partial charge in [0.25, 0.3) is 0 Å². The summed E-state index contributed by atoms with van der Waals surface area (Å²) in [7, 11) is 0. The number of carbonyl (C=O) groups is 1. The van der Waals surface area contributed by atoms with Crippen molar-refractivity contribution in [1.82, 2.24) is 10.5 Å². The summed E-state index contributed by atoms with van der Waals surface area (Å²) in [5, 5.41) is 17.9. The van der Waals surface area contributed by atoms with E-state index in [0.717, 1.165) is 31.2 Å². The van der Waals surface area contributed by atoms with Crippen LogP contribution in [-0.4, -0.2) is 29.4 Å².